The molecule has 2 aromatic carbocycles. The van der Waals surface area contributed by atoms with E-state index in [0.29, 0.717) is 42.6 Å². The molecule has 4 rings (SSSR count). The largest absolute Gasteiger partial charge is 0.573 e. The Balaban J connectivity index is 1.43. The summed E-state index contributed by atoms with van der Waals surface area (Å²) in [5.74, 6) is -0.462. The molecule has 1 saturated heterocycles. The lowest BCUT2D eigenvalue weighted by molar-refractivity contribution is -0.274. The van der Waals surface area contributed by atoms with Crippen molar-refractivity contribution in [1.29, 1.82) is 0 Å². The SMILES string of the molecule is O=Cc1ccc2c(C3CCN(C(=O)c4ccc(OC(F)(F)F)cc4)CC3)ncnc2c1. The Morgan fingerprint density at radius 3 is 2.42 bits per heavy atom. The standard InChI is InChI=1S/C22H18F3N3O3/c23-22(24,25)31-17-4-2-16(3-5-17)21(30)28-9-7-15(8-10-28)20-18-6-1-14(12-29)11-19(18)26-13-27-20/h1-6,11-13,15H,7-10H2. The molecule has 9 heteroatoms. The molecule has 160 valence electrons. The number of hydrogen-bond donors (Lipinski definition) is 0. The fourth-order valence-electron chi connectivity index (χ4n) is 3.83. The van der Waals surface area contributed by atoms with Gasteiger partial charge < -0.3 is 9.64 Å². The second kappa shape index (κ2) is 8.33. The van der Waals surface area contributed by atoms with Crippen molar-refractivity contribution in [2.24, 2.45) is 0 Å². The monoisotopic (exact) mass is 429 g/mol. The Morgan fingerprint density at radius 1 is 1.06 bits per heavy atom. The van der Waals surface area contributed by atoms with Crippen LogP contribution >= 0.6 is 0 Å². The minimum atomic E-state index is -4.77. The maximum atomic E-state index is 12.7. The van der Waals surface area contributed by atoms with Gasteiger partial charge >= 0.3 is 6.36 Å². The zero-order chi connectivity index (χ0) is 22.0. The van der Waals surface area contributed by atoms with E-state index in [4.69, 9.17) is 0 Å². The number of aldehydes is 1. The first kappa shape index (κ1) is 20.8. The number of halogens is 3. The van der Waals surface area contributed by atoms with E-state index in [2.05, 4.69) is 14.7 Å². The third-order valence-corrected chi connectivity index (χ3v) is 5.33. The summed E-state index contributed by atoms with van der Waals surface area (Å²) in [6.45, 7) is 1.00. The summed E-state index contributed by atoms with van der Waals surface area (Å²) in [6.07, 6.45) is -1.13. The molecule has 1 fully saturated rings. The van der Waals surface area contributed by atoms with Gasteiger partial charge in [-0.15, -0.1) is 13.2 Å². The third kappa shape index (κ3) is 4.65. The van der Waals surface area contributed by atoms with Gasteiger partial charge in [0.2, 0.25) is 0 Å². The molecule has 0 aliphatic carbocycles. The first-order valence-electron chi connectivity index (χ1n) is 9.69. The average molecular weight is 429 g/mol. The van der Waals surface area contributed by atoms with E-state index in [1.807, 2.05) is 6.07 Å². The van der Waals surface area contributed by atoms with Crippen molar-refractivity contribution in [3.8, 4) is 5.75 Å². The second-order valence-electron chi connectivity index (χ2n) is 7.29. The summed E-state index contributed by atoms with van der Waals surface area (Å²) in [5, 5.41) is 0.887. The van der Waals surface area contributed by atoms with Crippen LogP contribution in [0.2, 0.25) is 0 Å². The molecule has 1 aliphatic rings. The molecule has 0 spiro atoms. The van der Waals surface area contributed by atoms with Gasteiger partial charge in [-0.05, 0) is 43.2 Å². The van der Waals surface area contributed by atoms with Crippen molar-refractivity contribution in [3.05, 3.63) is 65.6 Å². The molecular weight excluding hydrogens is 411 g/mol. The van der Waals surface area contributed by atoms with Crippen molar-refractivity contribution < 1.29 is 27.5 Å². The fraction of sp³-hybridized carbons (Fsp3) is 0.273. The summed E-state index contributed by atoms with van der Waals surface area (Å²) in [7, 11) is 0. The normalized spacial score (nSPS) is 15.1. The van der Waals surface area contributed by atoms with Gasteiger partial charge in [0.05, 0.1) is 11.2 Å². The van der Waals surface area contributed by atoms with E-state index >= 15 is 0 Å². The van der Waals surface area contributed by atoms with E-state index in [0.717, 1.165) is 29.5 Å². The summed E-state index contributed by atoms with van der Waals surface area (Å²) in [5.41, 5.74) is 2.45. The quantitative estimate of drug-likeness (QED) is 0.577. The van der Waals surface area contributed by atoms with Gasteiger partial charge in [-0.3, -0.25) is 9.59 Å². The van der Waals surface area contributed by atoms with Gasteiger partial charge in [-0.2, -0.15) is 0 Å². The first-order valence-corrected chi connectivity index (χ1v) is 9.69. The summed E-state index contributed by atoms with van der Waals surface area (Å²) in [6, 6.07) is 10.2. The van der Waals surface area contributed by atoms with Crippen molar-refractivity contribution >= 4 is 23.1 Å². The fourth-order valence-corrected chi connectivity index (χ4v) is 3.83. The Labute approximate surface area is 175 Å². The zero-order valence-electron chi connectivity index (χ0n) is 16.3. The van der Waals surface area contributed by atoms with Crippen LogP contribution < -0.4 is 4.74 Å². The van der Waals surface area contributed by atoms with Gasteiger partial charge in [0.25, 0.3) is 5.91 Å². The molecule has 2 heterocycles. The summed E-state index contributed by atoms with van der Waals surface area (Å²) >= 11 is 0. The van der Waals surface area contributed by atoms with Gasteiger partial charge in [-0.1, -0.05) is 12.1 Å². The number of ether oxygens (including phenoxy) is 1. The van der Waals surface area contributed by atoms with Crippen molar-refractivity contribution in [2.45, 2.75) is 25.1 Å². The molecule has 1 aliphatic heterocycles. The maximum absolute atomic E-state index is 12.7. The molecule has 1 aromatic heterocycles. The number of piperidine rings is 1. The van der Waals surface area contributed by atoms with Crippen LogP contribution in [0.15, 0.2) is 48.8 Å². The smallest absolute Gasteiger partial charge is 0.406 e. The van der Waals surface area contributed by atoms with E-state index < -0.39 is 6.36 Å². The van der Waals surface area contributed by atoms with Crippen LogP contribution in [0.1, 0.15) is 45.2 Å². The predicted octanol–water partition coefficient (Wildman–Crippen LogP) is 4.36. The number of fused-ring (bicyclic) bond motifs is 1. The van der Waals surface area contributed by atoms with Crippen molar-refractivity contribution in [1.82, 2.24) is 14.9 Å². The number of nitrogens with zero attached hydrogens (tertiary/aromatic N) is 3. The highest BCUT2D eigenvalue weighted by Crippen LogP contribution is 2.32. The second-order valence-corrected chi connectivity index (χ2v) is 7.29. The first-order chi connectivity index (χ1) is 14.8. The molecule has 0 unspecified atom stereocenters. The number of alkyl halides is 3. The molecule has 31 heavy (non-hydrogen) atoms. The highest BCUT2D eigenvalue weighted by atomic mass is 19.4. The predicted molar refractivity (Wildman–Crippen MR) is 106 cm³/mol. The van der Waals surface area contributed by atoms with E-state index in [1.165, 1.54) is 18.5 Å². The summed E-state index contributed by atoms with van der Waals surface area (Å²) < 4.78 is 40.7. The average Bonchev–Trinajstić information content (AvgIpc) is 2.77. The third-order valence-electron chi connectivity index (χ3n) is 5.33. The van der Waals surface area contributed by atoms with Crippen LogP contribution in [-0.4, -0.2) is 46.5 Å². The van der Waals surface area contributed by atoms with E-state index in [-0.39, 0.29) is 17.6 Å². The van der Waals surface area contributed by atoms with Crippen molar-refractivity contribution in [2.75, 3.05) is 13.1 Å². The van der Waals surface area contributed by atoms with E-state index in [9.17, 15) is 22.8 Å². The molecule has 3 aromatic rings. The highest BCUT2D eigenvalue weighted by molar-refractivity contribution is 5.94. The number of carbonyl (C=O) groups is 2. The molecular formula is C22H18F3N3O3. The Kier molecular flexibility index (Phi) is 5.58. The number of likely N-dealkylation sites (tertiary alicyclic amines) is 1. The number of aromatic nitrogens is 2. The molecule has 0 atom stereocenters. The van der Waals surface area contributed by atoms with Crippen LogP contribution in [0.5, 0.6) is 5.75 Å². The van der Waals surface area contributed by atoms with Crippen LogP contribution in [0.4, 0.5) is 13.2 Å². The van der Waals surface area contributed by atoms with Gasteiger partial charge in [-0.25, -0.2) is 9.97 Å². The van der Waals surface area contributed by atoms with Crippen LogP contribution in [0, 0.1) is 0 Å². The minimum absolute atomic E-state index is 0.138. The zero-order valence-corrected chi connectivity index (χ0v) is 16.3. The van der Waals surface area contributed by atoms with E-state index in [1.54, 1.807) is 17.0 Å². The lowest BCUT2D eigenvalue weighted by Crippen LogP contribution is -2.38. The Morgan fingerprint density at radius 2 is 1.77 bits per heavy atom. The molecule has 1 amide bonds. The number of hydrogen-bond acceptors (Lipinski definition) is 5. The molecule has 6 nitrogen and oxygen atoms in total. The number of rotatable bonds is 4. The lowest BCUT2D eigenvalue weighted by Gasteiger charge is -2.32. The summed E-state index contributed by atoms with van der Waals surface area (Å²) in [4.78, 5) is 34.1. The van der Waals surface area contributed by atoms with Gasteiger partial charge in [0.15, 0.2) is 0 Å². The minimum Gasteiger partial charge on any atom is -0.406 e. The Bertz CT molecular complexity index is 1110. The van der Waals surface area contributed by atoms with Gasteiger partial charge in [0, 0.05) is 35.5 Å². The van der Waals surface area contributed by atoms with Crippen LogP contribution in [0.25, 0.3) is 10.9 Å². The van der Waals surface area contributed by atoms with Crippen LogP contribution in [-0.2, 0) is 0 Å². The number of benzene rings is 2. The maximum Gasteiger partial charge on any atom is 0.573 e. The number of amides is 1. The molecule has 0 saturated carbocycles. The molecule has 0 radical (unpaired) electrons. The molecule has 0 N–H and O–H groups in total. The number of carbonyl (C=O) groups excluding carboxylic acids is 2. The Hall–Kier alpha value is -3.49. The highest BCUT2D eigenvalue weighted by Gasteiger charge is 2.31. The molecule has 0 bridgehead atoms. The van der Waals surface area contributed by atoms with Crippen LogP contribution in [0.3, 0.4) is 0 Å². The lowest BCUT2D eigenvalue weighted by atomic mass is 9.90. The van der Waals surface area contributed by atoms with Crippen molar-refractivity contribution in [3.63, 3.8) is 0 Å². The van der Waals surface area contributed by atoms with Gasteiger partial charge in [0.1, 0.15) is 18.4 Å². The topological polar surface area (TPSA) is 72.4 Å².